The van der Waals surface area contributed by atoms with Crippen molar-refractivity contribution in [3.05, 3.63) is 185 Å². The second kappa shape index (κ2) is 16.7. The highest BCUT2D eigenvalue weighted by Gasteiger charge is 2.39. The Morgan fingerprint density at radius 2 is 1.18 bits per heavy atom. The molecule has 356 valence electrons. The van der Waals surface area contributed by atoms with Crippen LogP contribution in [-0.2, 0) is 21.7 Å². The number of hydrogen-bond donors (Lipinski definition) is 1. The van der Waals surface area contributed by atoms with Crippen molar-refractivity contribution >= 4 is 68.6 Å². The third-order valence-corrected chi connectivity index (χ3v) is 16.1. The Labute approximate surface area is 423 Å². The molecule has 1 aliphatic heterocycles. The minimum absolute atomic E-state index is 0.000259. The number of rotatable bonds is 6. The summed E-state index contributed by atoms with van der Waals surface area (Å²) in [4.78, 5) is 2.63. The summed E-state index contributed by atoms with van der Waals surface area (Å²) in [6.07, 6.45) is 2.28. The van der Waals surface area contributed by atoms with Gasteiger partial charge in [-0.1, -0.05) is 165 Å². The third-order valence-electron chi connectivity index (χ3n) is 16.1. The lowest BCUT2D eigenvalue weighted by Crippen LogP contribution is -2.41. The van der Waals surface area contributed by atoms with Gasteiger partial charge in [-0.05, 0) is 177 Å². The Morgan fingerprint density at radius 1 is 0.549 bits per heavy atom. The molecule has 9 aromatic rings. The number of furan rings is 1. The number of hydrogen-bond acceptors (Lipinski definition) is 3. The van der Waals surface area contributed by atoms with E-state index in [2.05, 4.69) is 246 Å². The number of para-hydroxylation sites is 1. The van der Waals surface area contributed by atoms with Crippen LogP contribution in [0.2, 0.25) is 0 Å². The minimum Gasteiger partial charge on any atom is -0.456 e. The fourth-order valence-corrected chi connectivity index (χ4v) is 12.1. The summed E-state index contributed by atoms with van der Waals surface area (Å²) in [5.74, 6) is 0. The maximum absolute atomic E-state index is 6.75. The van der Waals surface area contributed by atoms with Crippen LogP contribution in [0.1, 0.15) is 121 Å². The Balaban J connectivity index is 1.28. The standard InChI is InChI=1S/C67H69BN2O/c1-40-33-41(2)60(42(3)34-40)44-35-51(50-38-52-53(67(12,13)32-31-66(52,10)11)39-55(50)69-47-26-23-45(24-27-47)64(4,5)6)62-57(36-44)70(56-29-25-46(65(7,8)9)37-49(56)43-19-15-14-16-20-43)63-54(68-62)28-30-59-61(63)48-21-17-18-22-58(48)71-59/h14-30,33-39,68-69H,31-32H2,1-13H3. The molecule has 0 saturated heterocycles. The Bertz CT molecular complexity index is 3550. The van der Waals surface area contributed by atoms with Crippen molar-refractivity contribution < 1.29 is 4.42 Å². The van der Waals surface area contributed by atoms with Crippen molar-refractivity contribution in [2.45, 2.75) is 125 Å². The number of nitrogens with one attached hydrogen (secondary N) is 1. The van der Waals surface area contributed by atoms with Gasteiger partial charge in [0.05, 0.1) is 16.8 Å². The highest BCUT2D eigenvalue weighted by Crippen LogP contribution is 2.52. The van der Waals surface area contributed by atoms with Crippen LogP contribution in [0.4, 0.5) is 28.4 Å². The Hall–Kier alpha value is -6.78. The molecule has 71 heavy (non-hydrogen) atoms. The van der Waals surface area contributed by atoms with E-state index in [9.17, 15) is 0 Å². The summed E-state index contributed by atoms with van der Waals surface area (Å²) >= 11 is 0. The summed E-state index contributed by atoms with van der Waals surface area (Å²) in [5.41, 5.74) is 26.9. The predicted molar refractivity (Wildman–Crippen MR) is 308 cm³/mol. The van der Waals surface area contributed by atoms with E-state index in [4.69, 9.17) is 4.42 Å². The monoisotopic (exact) mass is 929 g/mol. The van der Waals surface area contributed by atoms with Crippen molar-refractivity contribution in [3.63, 3.8) is 0 Å². The first-order valence-electron chi connectivity index (χ1n) is 25.9. The maximum atomic E-state index is 6.75. The zero-order valence-electron chi connectivity index (χ0n) is 44.3. The van der Waals surface area contributed by atoms with Gasteiger partial charge in [-0.15, -0.1) is 0 Å². The van der Waals surface area contributed by atoms with E-state index >= 15 is 0 Å². The highest BCUT2D eigenvalue weighted by atomic mass is 16.3. The average molecular weight is 929 g/mol. The van der Waals surface area contributed by atoms with Gasteiger partial charge in [0.15, 0.2) is 7.28 Å². The molecule has 0 radical (unpaired) electrons. The topological polar surface area (TPSA) is 28.4 Å². The van der Waals surface area contributed by atoms with Crippen LogP contribution in [0, 0.1) is 20.8 Å². The molecule has 4 heteroatoms. The van der Waals surface area contributed by atoms with Crippen molar-refractivity contribution in [1.29, 1.82) is 0 Å². The molecule has 8 aromatic carbocycles. The lowest BCUT2D eigenvalue weighted by Gasteiger charge is -2.43. The van der Waals surface area contributed by atoms with Gasteiger partial charge < -0.3 is 14.6 Å². The maximum Gasteiger partial charge on any atom is 0.198 e. The van der Waals surface area contributed by atoms with Crippen LogP contribution in [0.15, 0.2) is 150 Å². The summed E-state index contributed by atoms with van der Waals surface area (Å²) in [6, 6.07) is 55.4. The van der Waals surface area contributed by atoms with Gasteiger partial charge in [0.2, 0.25) is 0 Å². The zero-order valence-corrected chi connectivity index (χ0v) is 44.3. The molecular weight excluding hydrogens is 860 g/mol. The van der Waals surface area contributed by atoms with Crippen LogP contribution in [-0.4, -0.2) is 7.28 Å². The van der Waals surface area contributed by atoms with Gasteiger partial charge in [-0.25, -0.2) is 0 Å². The molecule has 2 aliphatic rings. The van der Waals surface area contributed by atoms with E-state index < -0.39 is 0 Å². The minimum atomic E-state index is -0.0557. The number of nitrogens with zero attached hydrogens (tertiary/aromatic N) is 1. The summed E-state index contributed by atoms with van der Waals surface area (Å²) in [6.45, 7) is 30.4. The molecule has 1 N–H and O–H groups in total. The van der Waals surface area contributed by atoms with Crippen LogP contribution in [0.25, 0.3) is 55.3 Å². The van der Waals surface area contributed by atoms with Crippen molar-refractivity contribution in [2.75, 3.05) is 10.2 Å². The van der Waals surface area contributed by atoms with E-state index in [1.54, 1.807) is 0 Å². The fourth-order valence-electron chi connectivity index (χ4n) is 12.1. The van der Waals surface area contributed by atoms with Crippen molar-refractivity contribution in [2.24, 2.45) is 0 Å². The average Bonchev–Trinajstić information content (AvgIpc) is 3.71. The van der Waals surface area contributed by atoms with E-state index in [1.807, 2.05) is 0 Å². The van der Waals surface area contributed by atoms with Gasteiger partial charge in [0, 0.05) is 33.6 Å². The third kappa shape index (κ3) is 8.08. The quantitative estimate of drug-likeness (QED) is 0.168. The van der Waals surface area contributed by atoms with Crippen LogP contribution in [0.3, 0.4) is 0 Å². The largest absolute Gasteiger partial charge is 0.456 e. The first-order valence-corrected chi connectivity index (χ1v) is 25.9. The summed E-state index contributed by atoms with van der Waals surface area (Å²) in [7, 11) is 0.754. The van der Waals surface area contributed by atoms with E-state index in [1.165, 1.54) is 94.6 Å². The van der Waals surface area contributed by atoms with Crippen molar-refractivity contribution in [1.82, 2.24) is 0 Å². The normalized spacial score (nSPS) is 15.0. The molecule has 0 spiro atoms. The second-order valence-electron chi connectivity index (χ2n) is 24.4. The molecule has 0 saturated carbocycles. The highest BCUT2D eigenvalue weighted by molar-refractivity contribution is 6.74. The first kappa shape index (κ1) is 46.6. The lowest BCUT2D eigenvalue weighted by atomic mass is 9.57. The molecular formula is C67H69BN2O. The molecule has 1 aliphatic carbocycles. The van der Waals surface area contributed by atoms with Gasteiger partial charge >= 0.3 is 0 Å². The molecule has 1 aromatic heterocycles. The molecule has 0 bridgehead atoms. The predicted octanol–water partition coefficient (Wildman–Crippen LogP) is 17.4. The summed E-state index contributed by atoms with van der Waals surface area (Å²) in [5, 5.41) is 6.37. The molecule has 0 atom stereocenters. The molecule has 2 heterocycles. The molecule has 0 fully saturated rings. The van der Waals surface area contributed by atoms with Gasteiger partial charge in [0.25, 0.3) is 0 Å². The van der Waals surface area contributed by atoms with Gasteiger partial charge in [0.1, 0.15) is 11.2 Å². The van der Waals surface area contributed by atoms with Crippen LogP contribution in [0.5, 0.6) is 0 Å². The van der Waals surface area contributed by atoms with E-state index in [0.717, 1.165) is 59.1 Å². The molecule has 0 unspecified atom stereocenters. The van der Waals surface area contributed by atoms with Gasteiger partial charge in [-0.3, -0.25) is 0 Å². The SMILES string of the molecule is Cc1cc(C)c(-c2cc(-c3cc4c(cc3Nc3ccc(C(C)(C)C)cc3)C(C)(C)CCC4(C)C)c3c(c2)N(c2ccc(C(C)(C)C)cc2-c2ccccc2)c2c(ccc4oc5ccccc5c24)B3)c(C)c1. The van der Waals surface area contributed by atoms with Crippen molar-refractivity contribution in [3.8, 4) is 33.4 Å². The first-order chi connectivity index (χ1) is 33.7. The van der Waals surface area contributed by atoms with E-state index in [0.29, 0.717) is 0 Å². The van der Waals surface area contributed by atoms with Gasteiger partial charge in [-0.2, -0.15) is 0 Å². The fraction of sp³-hybridized carbons (Fsp3) is 0.284. The number of aryl methyl sites for hydroxylation is 3. The number of anilines is 5. The van der Waals surface area contributed by atoms with Crippen LogP contribution < -0.4 is 21.1 Å². The zero-order chi connectivity index (χ0) is 49.9. The number of fused-ring (bicyclic) bond motifs is 7. The van der Waals surface area contributed by atoms with E-state index in [-0.39, 0.29) is 21.7 Å². The summed E-state index contributed by atoms with van der Waals surface area (Å²) < 4.78 is 6.75. The lowest BCUT2D eigenvalue weighted by molar-refractivity contribution is 0.332. The second-order valence-corrected chi connectivity index (χ2v) is 24.4. The van der Waals surface area contributed by atoms with Crippen LogP contribution >= 0.6 is 0 Å². The Kier molecular flexibility index (Phi) is 10.9. The molecule has 3 nitrogen and oxygen atoms in total. The molecule has 11 rings (SSSR count). The molecule has 0 amide bonds. The smallest absolute Gasteiger partial charge is 0.198 e. The number of benzene rings is 8. The Morgan fingerprint density at radius 3 is 1.86 bits per heavy atom.